The molecule has 0 aliphatic carbocycles. The van der Waals surface area contributed by atoms with Crippen molar-refractivity contribution in [2.45, 2.75) is 19.4 Å². The van der Waals surface area contributed by atoms with Crippen LogP contribution in [0.1, 0.15) is 28.8 Å². The predicted octanol–water partition coefficient (Wildman–Crippen LogP) is 2.93. The molecule has 3 heterocycles. The van der Waals surface area contributed by atoms with E-state index in [9.17, 15) is 9.59 Å². The van der Waals surface area contributed by atoms with Gasteiger partial charge in [-0.25, -0.2) is 4.52 Å². The molecular formula is C22H20N4O2. The minimum Gasteiger partial charge on any atom is -0.339 e. The summed E-state index contributed by atoms with van der Waals surface area (Å²) in [6.07, 6.45) is 3.73. The van der Waals surface area contributed by atoms with E-state index in [4.69, 9.17) is 0 Å². The Hall–Kier alpha value is -3.41. The van der Waals surface area contributed by atoms with Gasteiger partial charge in [-0.1, -0.05) is 30.3 Å². The fourth-order valence-electron chi connectivity index (χ4n) is 3.98. The van der Waals surface area contributed by atoms with Crippen molar-refractivity contribution in [3.63, 3.8) is 0 Å². The van der Waals surface area contributed by atoms with Crippen LogP contribution in [0.2, 0.25) is 0 Å². The molecule has 0 spiro atoms. The summed E-state index contributed by atoms with van der Waals surface area (Å²) >= 11 is 0. The van der Waals surface area contributed by atoms with E-state index in [-0.39, 0.29) is 11.5 Å². The number of rotatable bonds is 3. The van der Waals surface area contributed by atoms with Gasteiger partial charge in [-0.3, -0.25) is 9.59 Å². The lowest BCUT2D eigenvalue weighted by Crippen LogP contribution is -2.28. The largest absolute Gasteiger partial charge is 0.339 e. The highest BCUT2D eigenvalue weighted by Crippen LogP contribution is 2.20. The lowest BCUT2D eigenvalue weighted by molar-refractivity contribution is 0.0793. The molecule has 1 fully saturated rings. The normalized spacial score (nSPS) is 14.2. The number of amides is 1. The fraction of sp³-hybridized carbons (Fsp3) is 0.227. The number of hydrogen-bond donors (Lipinski definition) is 0. The molecule has 1 aliphatic heterocycles. The molecule has 1 amide bonds. The Morgan fingerprint density at radius 3 is 2.50 bits per heavy atom. The van der Waals surface area contributed by atoms with E-state index >= 15 is 0 Å². The molecule has 140 valence electrons. The standard InChI is InChI=1S/C22H20N4O2/c27-21(24-12-4-5-13-24)17-8-9-18-20(14-17)25(15-16-6-2-1-3-7-16)22(28)19-10-11-23-26(18)19/h1-3,6-11,14H,4-5,12-13,15H2. The van der Waals surface area contributed by atoms with E-state index in [0.717, 1.165) is 42.5 Å². The molecule has 2 aromatic heterocycles. The number of nitrogens with zero attached hydrogens (tertiary/aromatic N) is 4. The highest BCUT2D eigenvalue weighted by atomic mass is 16.2. The van der Waals surface area contributed by atoms with E-state index in [2.05, 4.69) is 5.10 Å². The predicted molar refractivity (Wildman–Crippen MR) is 108 cm³/mol. The molecule has 0 bridgehead atoms. The molecule has 6 heteroatoms. The molecule has 28 heavy (non-hydrogen) atoms. The fourth-order valence-corrected chi connectivity index (χ4v) is 3.98. The minimum atomic E-state index is -0.111. The number of carbonyl (C=O) groups excluding carboxylic acids is 1. The van der Waals surface area contributed by atoms with Crippen molar-refractivity contribution in [1.29, 1.82) is 0 Å². The second-order valence-corrected chi connectivity index (χ2v) is 7.21. The Balaban J connectivity index is 1.72. The zero-order valence-corrected chi connectivity index (χ0v) is 15.4. The second kappa shape index (κ2) is 6.64. The molecular weight excluding hydrogens is 352 g/mol. The zero-order chi connectivity index (χ0) is 19.1. The van der Waals surface area contributed by atoms with Crippen LogP contribution in [0.4, 0.5) is 0 Å². The zero-order valence-electron chi connectivity index (χ0n) is 15.4. The number of benzene rings is 2. The van der Waals surface area contributed by atoms with E-state index in [0.29, 0.717) is 17.6 Å². The molecule has 0 atom stereocenters. The lowest BCUT2D eigenvalue weighted by Gasteiger charge is -2.17. The van der Waals surface area contributed by atoms with Crippen LogP contribution in [-0.2, 0) is 6.54 Å². The van der Waals surface area contributed by atoms with Gasteiger partial charge in [-0.2, -0.15) is 5.10 Å². The van der Waals surface area contributed by atoms with Gasteiger partial charge in [0.25, 0.3) is 11.5 Å². The molecule has 4 aromatic rings. The number of likely N-dealkylation sites (tertiary alicyclic amines) is 1. The molecule has 1 saturated heterocycles. The van der Waals surface area contributed by atoms with Crippen molar-refractivity contribution in [1.82, 2.24) is 19.1 Å². The molecule has 0 radical (unpaired) electrons. The van der Waals surface area contributed by atoms with E-state index in [1.54, 1.807) is 21.3 Å². The molecule has 0 saturated carbocycles. The van der Waals surface area contributed by atoms with Crippen LogP contribution < -0.4 is 5.56 Å². The number of carbonyl (C=O) groups is 1. The van der Waals surface area contributed by atoms with Crippen LogP contribution in [0.3, 0.4) is 0 Å². The van der Waals surface area contributed by atoms with Crippen molar-refractivity contribution in [2.75, 3.05) is 13.1 Å². The minimum absolute atomic E-state index is 0.0265. The lowest BCUT2D eigenvalue weighted by atomic mass is 10.1. The first-order valence-electron chi connectivity index (χ1n) is 9.56. The molecule has 5 rings (SSSR count). The molecule has 6 nitrogen and oxygen atoms in total. The first-order valence-corrected chi connectivity index (χ1v) is 9.56. The molecule has 2 aromatic carbocycles. The van der Waals surface area contributed by atoms with Gasteiger partial charge in [-0.15, -0.1) is 0 Å². The van der Waals surface area contributed by atoms with Crippen LogP contribution >= 0.6 is 0 Å². The summed E-state index contributed by atoms with van der Waals surface area (Å²) in [5.74, 6) is 0.0265. The third kappa shape index (κ3) is 2.69. The highest BCUT2D eigenvalue weighted by molar-refractivity contribution is 5.97. The summed E-state index contributed by atoms with van der Waals surface area (Å²) in [6, 6.07) is 17.2. The molecule has 0 N–H and O–H groups in total. The maximum absolute atomic E-state index is 13.2. The van der Waals surface area contributed by atoms with E-state index in [1.165, 1.54) is 0 Å². The van der Waals surface area contributed by atoms with Gasteiger partial charge < -0.3 is 9.47 Å². The van der Waals surface area contributed by atoms with Gasteiger partial charge in [0.15, 0.2) is 0 Å². The average molecular weight is 372 g/mol. The van der Waals surface area contributed by atoms with Crippen LogP contribution in [0.25, 0.3) is 16.6 Å². The molecule has 1 aliphatic rings. The summed E-state index contributed by atoms with van der Waals surface area (Å²) < 4.78 is 3.39. The first-order chi connectivity index (χ1) is 13.7. The first kappa shape index (κ1) is 16.7. The van der Waals surface area contributed by atoms with Crippen molar-refractivity contribution >= 4 is 22.5 Å². The Morgan fingerprint density at radius 2 is 1.71 bits per heavy atom. The maximum Gasteiger partial charge on any atom is 0.277 e. The smallest absolute Gasteiger partial charge is 0.277 e. The SMILES string of the molecule is O=C(c1ccc2c(c1)n(Cc1ccccc1)c(=O)c1ccnn12)N1CCCC1. The van der Waals surface area contributed by atoms with Gasteiger partial charge in [0, 0.05) is 18.7 Å². The topological polar surface area (TPSA) is 59.6 Å². The molecule has 0 unspecified atom stereocenters. The van der Waals surface area contributed by atoms with E-state index in [1.807, 2.05) is 53.4 Å². The third-order valence-electron chi connectivity index (χ3n) is 5.43. The Kier molecular flexibility index (Phi) is 3.97. The van der Waals surface area contributed by atoms with Gasteiger partial charge in [-0.05, 0) is 42.7 Å². The van der Waals surface area contributed by atoms with Crippen molar-refractivity contribution in [3.05, 3.63) is 82.3 Å². The van der Waals surface area contributed by atoms with E-state index < -0.39 is 0 Å². The van der Waals surface area contributed by atoms with Crippen LogP contribution in [0.15, 0.2) is 65.6 Å². The Labute approximate surface area is 161 Å². The van der Waals surface area contributed by atoms with Crippen LogP contribution in [-0.4, -0.2) is 38.1 Å². The number of fused-ring (bicyclic) bond motifs is 3. The van der Waals surface area contributed by atoms with Crippen molar-refractivity contribution in [2.24, 2.45) is 0 Å². The van der Waals surface area contributed by atoms with Gasteiger partial charge in [0.2, 0.25) is 0 Å². The third-order valence-corrected chi connectivity index (χ3v) is 5.43. The van der Waals surface area contributed by atoms with Gasteiger partial charge in [0.1, 0.15) is 5.52 Å². The number of aromatic nitrogens is 3. The number of hydrogen-bond acceptors (Lipinski definition) is 3. The quantitative estimate of drug-likeness (QED) is 0.556. The summed E-state index contributed by atoms with van der Waals surface area (Å²) in [6.45, 7) is 2.04. The summed E-state index contributed by atoms with van der Waals surface area (Å²) in [5.41, 5.74) is 3.60. The average Bonchev–Trinajstić information content (AvgIpc) is 3.43. The second-order valence-electron chi connectivity index (χ2n) is 7.21. The van der Waals surface area contributed by atoms with Gasteiger partial charge in [0.05, 0.1) is 23.8 Å². The highest BCUT2D eigenvalue weighted by Gasteiger charge is 2.21. The van der Waals surface area contributed by atoms with Gasteiger partial charge >= 0.3 is 0 Å². The summed E-state index contributed by atoms with van der Waals surface area (Å²) in [4.78, 5) is 27.9. The summed E-state index contributed by atoms with van der Waals surface area (Å²) in [7, 11) is 0. The maximum atomic E-state index is 13.2. The van der Waals surface area contributed by atoms with Crippen LogP contribution in [0, 0.1) is 0 Å². The summed E-state index contributed by atoms with van der Waals surface area (Å²) in [5, 5.41) is 4.32. The van der Waals surface area contributed by atoms with Crippen molar-refractivity contribution < 1.29 is 4.79 Å². The Morgan fingerprint density at radius 1 is 0.929 bits per heavy atom. The monoisotopic (exact) mass is 372 g/mol. The van der Waals surface area contributed by atoms with Crippen LogP contribution in [0.5, 0.6) is 0 Å². The van der Waals surface area contributed by atoms with Crippen molar-refractivity contribution in [3.8, 4) is 0 Å². The Bertz CT molecular complexity index is 1230.